The number of fused-ring (bicyclic) bond motifs is 1. The number of phenolic OH excluding ortho intramolecular Hbond substituents is 2. The van der Waals surface area contributed by atoms with Gasteiger partial charge >= 0.3 is 5.97 Å². The third-order valence-corrected chi connectivity index (χ3v) is 24.3. The van der Waals surface area contributed by atoms with Crippen LogP contribution in [-0.4, -0.2) is 271 Å². The Morgan fingerprint density at radius 1 is 0.504 bits per heavy atom. The number of thioether (sulfide) groups is 1. The number of phenols is 2. The number of rotatable bonds is 48. The van der Waals surface area contributed by atoms with E-state index in [1.54, 1.807) is 141 Å². The highest BCUT2D eigenvalue weighted by molar-refractivity contribution is 8.00. The van der Waals surface area contributed by atoms with Crippen LogP contribution in [0, 0.1) is 5.92 Å². The van der Waals surface area contributed by atoms with Gasteiger partial charge in [0.05, 0.1) is 30.8 Å². The van der Waals surface area contributed by atoms with Crippen molar-refractivity contribution in [1.29, 1.82) is 0 Å². The third-order valence-electron chi connectivity index (χ3n) is 23.2. The number of carbonyl (C=O) groups excluding carboxylic acids is 15. The number of amides is 14. The molecule has 6 aromatic carbocycles. The number of nitrogens with zero attached hydrogens (tertiary/aromatic N) is 5. The zero-order valence-electron chi connectivity index (χ0n) is 74.6. The number of H-pyrrole nitrogens is 1. The van der Waals surface area contributed by atoms with Gasteiger partial charge in [-0.3, -0.25) is 71.9 Å². The van der Waals surface area contributed by atoms with Crippen LogP contribution < -0.4 is 54.0 Å². The molecule has 14 amide bonds. The molecule has 0 saturated carbocycles. The molecule has 1 aromatic heterocycles. The summed E-state index contributed by atoms with van der Waals surface area (Å²) in [4.78, 5) is 238. The van der Waals surface area contributed by atoms with Crippen molar-refractivity contribution in [2.75, 3.05) is 52.3 Å². The number of likely N-dealkylation sites (N-methyl/N-ethyl adjacent to an activating group) is 3. The number of unbranched alkanes of at least 4 members (excludes halogenated alkanes) is 1. The van der Waals surface area contributed by atoms with Crippen LogP contribution in [0.4, 0.5) is 0 Å². The average Bonchev–Trinajstić information content (AvgIpc) is 1.79. The molecule has 2 fully saturated rings. The summed E-state index contributed by atoms with van der Waals surface area (Å²) in [5.41, 5.74) is 15.7. The number of primary amides is 1. The number of aromatic hydroxyl groups is 2. The average molecular weight is 1820 g/mol. The number of nitrogens with two attached hydrogens (primary N) is 2. The van der Waals surface area contributed by atoms with Gasteiger partial charge < -0.3 is 104 Å². The third kappa shape index (κ3) is 29.5. The molecule has 0 aliphatic carbocycles. The van der Waals surface area contributed by atoms with Crippen LogP contribution in [0.1, 0.15) is 119 Å². The van der Waals surface area contributed by atoms with Crippen molar-refractivity contribution in [3.8, 4) is 11.5 Å². The topological polar surface area (TPSA) is 514 Å². The van der Waals surface area contributed by atoms with Crippen molar-refractivity contribution in [2.45, 2.75) is 203 Å². The van der Waals surface area contributed by atoms with E-state index in [9.17, 15) is 58.5 Å². The number of aliphatic carboxylic acids is 1. The summed E-state index contributed by atoms with van der Waals surface area (Å²) >= 11 is 0.838. The van der Waals surface area contributed by atoms with Gasteiger partial charge in [0.25, 0.3) is 0 Å². The first kappa shape index (κ1) is 101. The minimum atomic E-state index is -1.58. The van der Waals surface area contributed by atoms with Gasteiger partial charge in [-0.15, -0.1) is 11.8 Å². The van der Waals surface area contributed by atoms with Crippen LogP contribution >= 0.6 is 11.8 Å². The SMILES string of the molecule is CCCC[C@@H](C(=O)N1CCC[C@@H]1C(=O)N[C@H](C=O)CC(=O)O)N(C)C(=O)C(Cc1ccccc1)N(C)C(=O)[C@H](Cc1ccccc1)NC(=O)CSC[C@H](NC(=O)[C@H](CC(C)C)NC(=O)[C@H](Cc1ccc(O)cc1)NC(=O)[C@H](Cc1c[nH]c2ccccc12)NC(=O)[C@H]1CCCN1C(=O)[C@H](Cc1ccc(O)cc1)NC(=O)C(Cc1ccccc1)N(C)C(=O)[C@H](C)N)C(=O)NCC(N)=O. The fraction of sp³-hybridized carbons (Fsp3) is 0.432. The molecule has 7 aromatic rings. The fourth-order valence-electron chi connectivity index (χ4n) is 16.2. The molecule has 131 heavy (non-hydrogen) atoms. The summed E-state index contributed by atoms with van der Waals surface area (Å²) in [7, 11) is 4.28. The molecule has 16 N–H and O–H groups in total. The summed E-state index contributed by atoms with van der Waals surface area (Å²) in [6, 6.07) is 28.1. The molecule has 700 valence electrons. The lowest BCUT2D eigenvalue weighted by molar-refractivity contribution is -0.152. The molecule has 36 heteroatoms. The van der Waals surface area contributed by atoms with E-state index in [1.165, 1.54) is 89.0 Å². The molecule has 0 spiro atoms. The summed E-state index contributed by atoms with van der Waals surface area (Å²) in [5, 5.41) is 52.5. The Hall–Kier alpha value is -13.5. The number of hydrogen-bond acceptors (Lipinski definition) is 20. The molecular weight excluding hydrogens is 1700 g/mol. The number of carboxylic acid groups (broad SMARTS) is 1. The van der Waals surface area contributed by atoms with E-state index in [1.807, 2.05) is 13.0 Å². The van der Waals surface area contributed by atoms with Gasteiger partial charge in [0.1, 0.15) is 84.2 Å². The summed E-state index contributed by atoms with van der Waals surface area (Å²) in [6.45, 7) is 6.35. The maximum Gasteiger partial charge on any atom is 0.305 e. The predicted molar refractivity (Wildman–Crippen MR) is 489 cm³/mol. The van der Waals surface area contributed by atoms with Crippen molar-refractivity contribution in [3.05, 3.63) is 203 Å². The van der Waals surface area contributed by atoms with Gasteiger partial charge in [-0.25, -0.2) is 0 Å². The van der Waals surface area contributed by atoms with E-state index in [-0.39, 0.29) is 100 Å². The van der Waals surface area contributed by atoms with Gasteiger partial charge in [-0.1, -0.05) is 167 Å². The lowest BCUT2D eigenvalue weighted by Crippen LogP contribution is -2.61. The molecule has 2 unspecified atom stereocenters. The van der Waals surface area contributed by atoms with E-state index in [0.29, 0.717) is 76.3 Å². The maximum atomic E-state index is 15.5. The Morgan fingerprint density at radius 3 is 1.51 bits per heavy atom. The highest BCUT2D eigenvalue weighted by Crippen LogP contribution is 2.28. The minimum absolute atomic E-state index is 0.0306. The van der Waals surface area contributed by atoms with Crippen molar-refractivity contribution in [1.82, 2.24) is 72.0 Å². The number of aldehydes is 1. The van der Waals surface area contributed by atoms with Crippen LogP contribution in [0.25, 0.3) is 10.9 Å². The number of benzene rings is 6. The molecule has 13 atom stereocenters. The summed E-state index contributed by atoms with van der Waals surface area (Å²) < 4.78 is 0. The lowest BCUT2D eigenvalue weighted by Gasteiger charge is -2.38. The molecule has 35 nitrogen and oxygen atoms in total. The van der Waals surface area contributed by atoms with Gasteiger partial charge in [-0.05, 0) is 115 Å². The number of carboxylic acids is 1. The van der Waals surface area contributed by atoms with Gasteiger partial charge in [0.2, 0.25) is 82.7 Å². The highest BCUT2D eigenvalue weighted by Gasteiger charge is 2.45. The van der Waals surface area contributed by atoms with Crippen LogP contribution in [0.5, 0.6) is 11.5 Å². The Balaban J connectivity index is 0.943. The van der Waals surface area contributed by atoms with Gasteiger partial charge in [-0.2, -0.15) is 0 Å². The molecule has 2 aliphatic heterocycles. The first-order chi connectivity index (χ1) is 62.6. The lowest BCUT2D eigenvalue weighted by atomic mass is 9.99. The Kier molecular flexibility index (Phi) is 38.1. The molecule has 9 rings (SSSR count). The van der Waals surface area contributed by atoms with E-state index >= 15 is 33.6 Å². The molecule has 0 radical (unpaired) electrons. The molecular formula is C95H120N16O19S. The quantitative estimate of drug-likeness (QED) is 0.0244. The number of aromatic amines is 1. The highest BCUT2D eigenvalue weighted by atomic mass is 32.2. The monoisotopic (exact) mass is 1820 g/mol. The summed E-state index contributed by atoms with van der Waals surface area (Å²) in [6.07, 6.45) is 2.63. The number of hydrogen-bond donors (Lipinski definition) is 14. The number of aromatic nitrogens is 1. The maximum absolute atomic E-state index is 15.5. The van der Waals surface area contributed by atoms with Crippen molar-refractivity contribution < 1.29 is 92.0 Å². The van der Waals surface area contributed by atoms with Crippen LogP contribution in [0.3, 0.4) is 0 Å². The van der Waals surface area contributed by atoms with Crippen LogP contribution in [0.15, 0.2) is 170 Å². The smallest absolute Gasteiger partial charge is 0.305 e. The van der Waals surface area contributed by atoms with Crippen LogP contribution in [0.2, 0.25) is 0 Å². The van der Waals surface area contributed by atoms with Gasteiger partial charge in [0.15, 0.2) is 0 Å². The second-order valence-corrected chi connectivity index (χ2v) is 34.7. The van der Waals surface area contributed by atoms with E-state index in [0.717, 1.165) is 11.8 Å². The predicted octanol–water partition coefficient (Wildman–Crippen LogP) is 2.78. The van der Waals surface area contributed by atoms with E-state index < -0.39 is 186 Å². The first-order valence-electron chi connectivity index (χ1n) is 43.9. The number of nitrogens with one attached hydrogen (secondary N) is 9. The Morgan fingerprint density at radius 2 is 0.969 bits per heavy atom. The standard InChI is InChI=1S/C95H120N16O19S/c1-8-9-31-78(95(130)111-43-22-32-76(111)88(123)100-65(54-112)51-83(117)118)107(5)94(129)80(49-61-27-17-12-18-28-61)109(7)92(127)73(46-59-23-13-10-14-24-59)101-82(116)56-131-55-75(84(119)99-53-81(97)115)106-85(120)70(44-57(2)3)102-86(121)71(45-62-34-38-66(113)39-35-62)103-87(122)72(50-64-52-98-69-30-20-19-29-68(64)69)104-89(124)77-33-21-42-110(77)93(128)74(47-63-36-40-67(114)41-37-63)105-90(125)79(108(6)91(126)58(4)96)48-60-25-15-11-16-26-60/h10-20,23-30,34-41,52,54,57-58,65,70-80,98,113-114H,8-9,21-22,31-33,42-51,53,55-56,96H2,1-7H3,(H2,97,115)(H,99,119)(H,100,123)(H,101,116)(H,102,121)(H,103,122)(H,104,124)(H,105,125)(H,106,120)(H,117,118)/t58-,65-,70-,71-,72-,73-,74-,75-,76+,77+,78-,79?,80?/m0/s1. The molecule has 0 bridgehead atoms. The molecule has 2 saturated heterocycles. The zero-order valence-corrected chi connectivity index (χ0v) is 75.5. The number of likely N-dealkylation sites (tertiary alicyclic amines) is 2. The number of para-hydroxylation sites is 1. The Labute approximate surface area is 764 Å². The molecule has 2 aliphatic rings. The largest absolute Gasteiger partial charge is 0.508 e. The zero-order chi connectivity index (χ0) is 95.1. The second-order valence-electron chi connectivity index (χ2n) is 33.7. The van der Waals surface area contributed by atoms with Gasteiger partial charge in [0, 0.05) is 95.6 Å². The van der Waals surface area contributed by atoms with Crippen molar-refractivity contribution in [2.24, 2.45) is 17.4 Å². The normalized spacial score (nSPS) is 16.1. The van der Waals surface area contributed by atoms with E-state index in [2.05, 4.69) is 47.5 Å². The summed E-state index contributed by atoms with van der Waals surface area (Å²) in [5.74, 6) is -13.5. The first-order valence-corrected chi connectivity index (χ1v) is 45.1. The number of carbonyl (C=O) groups is 16. The van der Waals surface area contributed by atoms with E-state index in [4.69, 9.17) is 11.5 Å². The van der Waals surface area contributed by atoms with Crippen molar-refractivity contribution >= 4 is 118 Å². The second kappa shape index (κ2) is 49.3. The minimum Gasteiger partial charge on any atom is -0.508 e. The van der Waals surface area contributed by atoms with Crippen LogP contribution in [-0.2, 0) is 115 Å². The fourth-order valence-corrected chi connectivity index (χ4v) is 17.0. The van der Waals surface area contributed by atoms with Crippen molar-refractivity contribution in [3.63, 3.8) is 0 Å². The molecule has 3 heterocycles. The Bertz CT molecular complexity index is 5130.